The summed E-state index contributed by atoms with van der Waals surface area (Å²) in [5, 5.41) is 17.5. The lowest BCUT2D eigenvalue weighted by Gasteiger charge is -2.30. The van der Waals surface area contributed by atoms with E-state index in [1.807, 2.05) is 13.8 Å². The lowest BCUT2D eigenvalue weighted by atomic mass is 9.83. The van der Waals surface area contributed by atoms with Crippen LogP contribution in [-0.2, 0) is 11.3 Å². The predicted molar refractivity (Wildman–Crippen MR) is 123 cm³/mol. The van der Waals surface area contributed by atoms with E-state index in [2.05, 4.69) is 15.6 Å². The monoisotopic (exact) mass is 504 g/mol. The third kappa shape index (κ3) is 7.90. The topological polar surface area (TPSA) is 88.8 Å². The summed E-state index contributed by atoms with van der Waals surface area (Å²) in [5.74, 6) is 0.790. The number of rotatable bonds is 10. The minimum Gasteiger partial charge on any atom is -0.382 e. The molecule has 1 saturated carbocycles. The van der Waals surface area contributed by atoms with E-state index in [1.54, 1.807) is 12.1 Å². The van der Waals surface area contributed by atoms with Crippen molar-refractivity contribution in [1.82, 2.24) is 10.6 Å². The Balaban J connectivity index is 0.00000392. The summed E-state index contributed by atoms with van der Waals surface area (Å²) in [5.41, 5.74) is 1.34. The third-order valence-corrected chi connectivity index (χ3v) is 5.19. The van der Waals surface area contributed by atoms with E-state index in [0.29, 0.717) is 12.0 Å². The van der Waals surface area contributed by atoms with Crippen molar-refractivity contribution in [3.05, 3.63) is 39.9 Å². The predicted octanol–water partition coefficient (Wildman–Crippen LogP) is 4.25. The molecule has 0 radical (unpaired) electrons. The van der Waals surface area contributed by atoms with Gasteiger partial charge >= 0.3 is 0 Å². The molecule has 2 rings (SSSR count). The van der Waals surface area contributed by atoms with E-state index >= 15 is 0 Å². The van der Waals surface area contributed by atoms with Gasteiger partial charge in [-0.1, -0.05) is 25.0 Å². The Morgan fingerprint density at radius 1 is 1.21 bits per heavy atom. The highest BCUT2D eigenvalue weighted by Gasteiger charge is 2.33. The largest absolute Gasteiger partial charge is 0.382 e. The van der Waals surface area contributed by atoms with Gasteiger partial charge in [-0.2, -0.15) is 0 Å². The molecule has 8 heteroatoms. The zero-order chi connectivity index (χ0) is 19.5. The Kier molecular flexibility index (Phi) is 11.4. The number of nitro groups is 1. The smallest absolute Gasteiger partial charge is 0.269 e. The third-order valence-electron chi connectivity index (χ3n) is 5.19. The zero-order valence-corrected chi connectivity index (χ0v) is 19.2. The fourth-order valence-corrected chi connectivity index (χ4v) is 3.58. The Morgan fingerprint density at radius 3 is 2.46 bits per heavy atom. The van der Waals surface area contributed by atoms with Gasteiger partial charge in [-0.05, 0) is 44.1 Å². The molecule has 158 valence electrons. The molecule has 1 aliphatic rings. The van der Waals surface area contributed by atoms with Crippen LogP contribution in [0.25, 0.3) is 0 Å². The summed E-state index contributed by atoms with van der Waals surface area (Å²) in [6.07, 6.45) is 6.10. The molecule has 0 heterocycles. The first-order valence-corrected chi connectivity index (χ1v) is 9.92. The van der Waals surface area contributed by atoms with Crippen LogP contribution in [0.1, 0.15) is 51.5 Å². The van der Waals surface area contributed by atoms with Gasteiger partial charge in [0.2, 0.25) is 0 Å². The second kappa shape index (κ2) is 12.9. The standard InChI is InChI=1S/C20H32N4O3.HI/c1-3-21-19(22-15-17-7-9-18(10-8-17)24(25)26)23-16-20(11-5-6-12-20)13-14-27-4-2;/h7-10H,3-6,11-16H2,1-2H3,(H2,21,22,23);1H. The average molecular weight is 504 g/mol. The van der Waals surface area contributed by atoms with E-state index < -0.39 is 0 Å². The van der Waals surface area contributed by atoms with Crippen molar-refractivity contribution in [2.24, 2.45) is 10.4 Å². The molecule has 0 spiro atoms. The highest BCUT2D eigenvalue weighted by Crippen LogP contribution is 2.40. The minimum atomic E-state index is -0.387. The summed E-state index contributed by atoms with van der Waals surface area (Å²) < 4.78 is 5.58. The molecule has 1 aromatic carbocycles. The van der Waals surface area contributed by atoms with Crippen LogP contribution in [0.3, 0.4) is 0 Å². The summed E-state index contributed by atoms with van der Waals surface area (Å²) in [6, 6.07) is 6.55. The number of benzene rings is 1. The molecule has 0 unspecified atom stereocenters. The first-order chi connectivity index (χ1) is 13.1. The van der Waals surface area contributed by atoms with Crippen molar-refractivity contribution in [3.63, 3.8) is 0 Å². The lowest BCUT2D eigenvalue weighted by Crippen LogP contribution is -2.43. The molecule has 0 bridgehead atoms. The Labute approximate surface area is 184 Å². The number of aliphatic imine (C=N–C) groups is 1. The van der Waals surface area contributed by atoms with Crippen LogP contribution in [0.4, 0.5) is 5.69 Å². The normalized spacial score (nSPS) is 15.7. The van der Waals surface area contributed by atoms with E-state index in [1.165, 1.54) is 37.8 Å². The lowest BCUT2D eigenvalue weighted by molar-refractivity contribution is -0.384. The van der Waals surface area contributed by atoms with Crippen molar-refractivity contribution in [3.8, 4) is 0 Å². The molecule has 0 atom stereocenters. The molecule has 0 amide bonds. The van der Waals surface area contributed by atoms with Gasteiger partial charge in [0.25, 0.3) is 5.69 Å². The number of halogens is 1. The van der Waals surface area contributed by atoms with Crippen molar-refractivity contribution in [2.45, 2.75) is 52.5 Å². The van der Waals surface area contributed by atoms with Gasteiger partial charge in [0.15, 0.2) is 5.96 Å². The summed E-state index contributed by atoms with van der Waals surface area (Å²) in [4.78, 5) is 15.0. The van der Waals surface area contributed by atoms with E-state index in [-0.39, 0.29) is 34.6 Å². The maximum absolute atomic E-state index is 10.7. The van der Waals surface area contributed by atoms with Crippen LogP contribution in [0.15, 0.2) is 29.3 Å². The van der Waals surface area contributed by atoms with Crippen LogP contribution >= 0.6 is 24.0 Å². The van der Waals surface area contributed by atoms with Crippen LogP contribution < -0.4 is 10.6 Å². The Morgan fingerprint density at radius 2 is 1.89 bits per heavy atom. The number of nitrogens with one attached hydrogen (secondary N) is 2. The number of guanidine groups is 1. The molecule has 0 saturated heterocycles. The zero-order valence-electron chi connectivity index (χ0n) is 16.9. The maximum Gasteiger partial charge on any atom is 0.269 e. The summed E-state index contributed by atoms with van der Waals surface area (Å²) in [7, 11) is 0. The van der Waals surface area contributed by atoms with Gasteiger partial charge in [-0.25, -0.2) is 4.99 Å². The van der Waals surface area contributed by atoms with E-state index in [4.69, 9.17) is 4.74 Å². The van der Waals surface area contributed by atoms with Gasteiger partial charge in [0.1, 0.15) is 0 Å². The number of ether oxygens (including phenoxy) is 1. The second-order valence-electron chi connectivity index (χ2n) is 7.13. The second-order valence-corrected chi connectivity index (χ2v) is 7.13. The SMILES string of the molecule is CCNC(=NCc1ccc([N+](=O)[O-])cc1)NCC1(CCOCC)CCCC1.I. The molecule has 7 nitrogen and oxygen atoms in total. The molecule has 1 fully saturated rings. The van der Waals surface area contributed by atoms with Gasteiger partial charge < -0.3 is 15.4 Å². The molecule has 1 aliphatic carbocycles. The number of nitro benzene ring substituents is 1. The molecule has 0 aliphatic heterocycles. The highest BCUT2D eigenvalue weighted by atomic mass is 127. The maximum atomic E-state index is 10.7. The fourth-order valence-electron chi connectivity index (χ4n) is 3.58. The van der Waals surface area contributed by atoms with Crippen molar-refractivity contribution < 1.29 is 9.66 Å². The number of hydrogen-bond acceptors (Lipinski definition) is 4. The molecule has 0 aromatic heterocycles. The number of hydrogen-bond donors (Lipinski definition) is 2. The van der Waals surface area contributed by atoms with E-state index in [0.717, 1.165) is 44.2 Å². The summed E-state index contributed by atoms with van der Waals surface area (Å²) >= 11 is 0. The van der Waals surface area contributed by atoms with Crippen LogP contribution in [0.5, 0.6) is 0 Å². The molecule has 28 heavy (non-hydrogen) atoms. The number of nitrogens with zero attached hydrogens (tertiary/aromatic N) is 2. The first-order valence-electron chi connectivity index (χ1n) is 9.92. The van der Waals surface area contributed by atoms with Crippen molar-refractivity contribution in [2.75, 3.05) is 26.3 Å². The average Bonchev–Trinajstić information content (AvgIpc) is 3.13. The van der Waals surface area contributed by atoms with E-state index in [9.17, 15) is 10.1 Å². The number of non-ortho nitro benzene ring substituents is 1. The molecule has 2 N–H and O–H groups in total. The van der Waals surface area contributed by atoms with Crippen molar-refractivity contribution in [1.29, 1.82) is 0 Å². The Hall–Kier alpha value is -1.42. The van der Waals surface area contributed by atoms with Gasteiger partial charge in [-0.3, -0.25) is 10.1 Å². The van der Waals surface area contributed by atoms with Crippen LogP contribution in [-0.4, -0.2) is 37.2 Å². The van der Waals surface area contributed by atoms with Gasteiger partial charge in [-0.15, -0.1) is 24.0 Å². The molecular formula is C20H33IN4O3. The molecule has 1 aromatic rings. The first kappa shape index (κ1) is 24.6. The fraction of sp³-hybridized carbons (Fsp3) is 0.650. The minimum absolute atomic E-state index is 0. The quantitative estimate of drug-likeness (QED) is 0.124. The van der Waals surface area contributed by atoms with Crippen molar-refractivity contribution >= 4 is 35.6 Å². The van der Waals surface area contributed by atoms with Crippen LogP contribution in [0, 0.1) is 15.5 Å². The van der Waals surface area contributed by atoms with Gasteiger partial charge in [0.05, 0.1) is 11.5 Å². The Bertz CT molecular complexity index is 616. The highest BCUT2D eigenvalue weighted by molar-refractivity contribution is 14.0. The van der Waals surface area contributed by atoms with Gasteiger partial charge in [0, 0.05) is 38.4 Å². The summed E-state index contributed by atoms with van der Waals surface area (Å²) in [6.45, 7) is 7.83. The molecular weight excluding hydrogens is 471 g/mol. The van der Waals surface area contributed by atoms with Crippen LogP contribution in [0.2, 0.25) is 0 Å².